The zero-order valence-corrected chi connectivity index (χ0v) is 13.7. The molecule has 1 atom stereocenters. The Morgan fingerprint density at radius 1 is 1.10 bits per heavy atom. The van der Waals surface area contributed by atoms with Crippen LogP contribution in [0, 0.1) is 0 Å². The number of rotatable bonds is 3. The van der Waals surface area contributed by atoms with E-state index in [1.54, 1.807) is 7.11 Å². The number of benzene rings is 2. The molecular weight excluding hydrogens is 336 g/mol. The lowest BCUT2D eigenvalue weighted by Crippen LogP contribution is -1.98. The molecule has 0 spiro atoms. The number of alkyl halides is 1. The maximum atomic E-state index is 6.12. The van der Waals surface area contributed by atoms with Gasteiger partial charge in [-0.15, -0.1) is 0 Å². The number of fused-ring (bicyclic) bond motifs is 1. The van der Waals surface area contributed by atoms with Gasteiger partial charge in [0.2, 0.25) is 0 Å². The first-order chi connectivity index (χ1) is 9.69. The van der Waals surface area contributed by atoms with Gasteiger partial charge in [-0.05, 0) is 54.2 Å². The smallest absolute Gasteiger partial charge is 0.123 e. The second-order valence-electron chi connectivity index (χ2n) is 5.13. The lowest BCUT2D eigenvalue weighted by molar-refractivity contribution is 0.410. The van der Waals surface area contributed by atoms with E-state index in [1.807, 2.05) is 18.2 Å². The Bertz CT molecular complexity index is 639. The minimum atomic E-state index is 0.0991. The highest BCUT2D eigenvalue weighted by Crippen LogP contribution is 2.39. The Morgan fingerprint density at radius 2 is 1.90 bits per heavy atom. The van der Waals surface area contributed by atoms with Gasteiger partial charge in [-0.2, -0.15) is 0 Å². The Hall–Kier alpha value is -0.990. The highest BCUT2D eigenvalue weighted by molar-refractivity contribution is 9.09. The lowest BCUT2D eigenvalue weighted by Gasteiger charge is -2.16. The highest BCUT2D eigenvalue weighted by Gasteiger charge is 2.18. The monoisotopic (exact) mass is 350 g/mol. The maximum Gasteiger partial charge on any atom is 0.123 e. The van der Waals surface area contributed by atoms with E-state index in [4.69, 9.17) is 16.3 Å². The predicted molar refractivity (Wildman–Crippen MR) is 87.2 cm³/mol. The van der Waals surface area contributed by atoms with Crippen molar-refractivity contribution < 1.29 is 4.74 Å². The number of aryl methyl sites for hydroxylation is 2. The van der Waals surface area contributed by atoms with Gasteiger partial charge in [-0.25, -0.2) is 0 Å². The van der Waals surface area contributed by atoms with Crippen LogP contribution in [0.5, 0.6) is 5.75 Å². The molecule has 104 valence electrons. The van der Waals surface area contributed by atoms with Crippen LogP contribution in [0.25, 0.3) is 0 Å². The first kappa shape index (κ1) is 14.0. The summed E-state index contributed by atoms with van der Waals surface area (Å²) in [7, 11) is 1.69. The summed E-state index contributed by atoms with van der Waals surface area (Å²) in [4.78, 5) is 0.0991. The van der Waals surface area contributed by atoms with Gasteiger partial charge in [-0.3, -0.25) is 0 Å². The van der Waals surface area contributed by atoms with E-state index in [0.29, 0.717) is 0 Å². The van der Waals surface area contributed by atoms with Gasteiger partial charge in [0.05, 0.1) is 11.9 Å². The van der Waals surface area contributed by atoms with E-state index in [2.05, 4.69) is 34.1 Å². The highest BCUT2D eigenvalue weighted by atomic mass is 79.9. The summed E-state index contributed by atoms with van der Waals surface area (Å²) in [6, 6.07) is 12.5. The molecule has 3 rings (SSSR count). The molecule has 0 bridgehead atoms. The molecule has 0 amide bonds. The van der Waals surface area contributed by atoms with Gasteiger partial charge >= 0.3 is 0 Å². The number of hydrogen-bond acceptors (Lipinski definition) is 1. The average Bonchev–Trinajstić information content (AvgIpc) is 2.93. The minimum Gasteiger partial charge on any atom is -0.496 e. The molecule has 1 nitrogen and oxygen atoms in total. The van der Waals surface area contributed by atoms with Crippen LogP contribution in [0.15, 0.2) is 36.4 Å². The molecule has 1 aliphatic carbocycles. The van der Waals surface area contributed by atoms with E-state index in [0.717, 1.165) is 16.3 Å². The van der Waals surface area contributed by atoms with Crippen molar-refractivity contribution >= 4 is 27.5 Å². The molecule has 0 fully saturated rings. The second-order valence-corrected chi connectivity index (χ2v) is 6.48. The van der Waals surface area contributed by atoms with Crippen molar-refractivity contribution in [1.82, 2.24) is 0 Å². The van der Waals surface area contributed by atoms with E-state index >= 15 is 0 Å². The van der Waals surface area contributed by atoms with Gasteiger partial charge in [-0.1, -0.05) is 45.7 Å². The molecule has 0 saturated carbocycles. The molecule has 0 heterocycles. The molecule has 0 radical (unpaired) electrons. The van der Waals surface area contributed by atoms with Crippen LogP contribution >= 0.6 is 27.5 Å². The Balaban J connectivity index is 2.00. The largest absolute Gasteiger partial charge is 0.496 e. The Morgan fingerprint density at radius 3 is 2.70 bits per heavy atom. The van der Waals surface area contributed by atoms with Crippen LogP contribution in [-0.2, 0) is 12.8 Å². The molecule has 2 aromatic carbocycles. The fourth-order valence-electron chi connectivity index (χ4n) is 2.83. The van der Waals surface area contributed by atoms with Gasteiger partial charge in [0.1, 0.15) is 5.75 Å². The van der Waals surface area contributed by atoms with Gasteiger partial charge in [0.15, 0.2) is 0 Å². The number of hydrogen-bond donors (Lipinski definition) is 0. The van der Waals surface area contributed by atoms with Crippen molar-refractivity contribution in [3.8, 4) is 5.75 Å². The molecule has 0 aromatic heterocycles. The second kappa shape index (κ2) is 5.79. The van der Waals surface area contributed by atoms with Crippen molar-refractivity contribution in [2.75, 3.05) is 7.11 Å². The van der Waals surface area contributed by atoms with E-state index in [-0.39, 0.29) is 4.83 Å². The number of methoxy groups -OCH3 is 1. The van der Waals surface area contributed by atoms with E-state index in [1.165, 1.54) is 36.0 Å². The third-order valence-electron chi connectivity index (χ3n) is 3.88. The predicted octanol–water partition coefficient (Wildman–Crippen LogP) is 5.32. The Labute approximate surface area is 133 Å². The molecule has 1 aliphatic rings. The van der Waals surface area contributed by atoms with Crippen molar-refractivity contribution in [1.29, 1.82) is 0 Å². The van der Waals surface area contributed by atoms with Gasteiger partial charge < -0.3 is 4.74 Å². The summed E-state index contributed by atoms with van der Waals surface area (Å²) < 4.78 is 5.45. The summed E-state index contributed by atoms with van der Waals surface area (Å²) in [6.07, 6.45) is 3.67. The molecule has 2 aromatic rings. The van der Waals surface area contributed by atoms with Crippen molar-refractivity contribution in [2.45, 2.75) is 24.1 Å². The summed E-state index contributed by atoms with van der Waals surface area (Å²) in [5.41, 5.74) is 5.30. The van der Waals surface area contributed by atoms with Crippen LogP contribution < -0.4 is 4.74 Å². The molecule has 3 heteroatoms. The molecule has 20 heavy (non-hydrogen) atoms. The number of halogens is 2. The van der Waals surface area contributed by atoms with Crippen molar-refractivity contribution in [3.63, 3.8) is 0 Å². The van der Waals surface area contributed by atoms with Gasteiger partial charge in [0.25, 0.3) is 0 Å². The minimum absolute atomic E-state index is 0.0991. The summed E-state index contributed by atoms with van der Waals surface area (Å²) in [5.74, 6) is 0.858. The van der Waals surface area contributed by atoms with Crippen molar-refractivity contribution in [2.24, 2.45) is 0 Å². The lowest BCUT2D eigenvalue weighted by atomic mass is 10.00. The zero-order valence-electron chi connectivity index (χ0n) is 11.3. The van der Waals surface area contributed by atoms with Crippen LogP contribution in [0.4, 0.5) is 0 Å². The van der Waals surface area contributed by atoms with Crippen LogP contribution in [0.3, 0.4) is 0 Å². The summed E-state index contributed by atoms with van der Waals surface area (Å²) in [5, 5.41) is 0.728. The summed E-state index contributed by atoms with van der Waals surface area (Å²) in [6.45, 7) is 0. The molecule has 0 N–H and O–H groups in total. The maximum absolute atomic E-state index is 6.12. The molecular formula is C17H16BrClO. The first-order valence-electron chi connectivity index (χ1n) is 6.78. The first-order valence-corrected chi connectivity index (χ1v) is 8.07. The SMILES string of the molecule is COc1ccc(Cl)cc1C(Br)c1ccc2c(c1)CCC2. The van der Waals surface area contributed by atoms with Crippen LogP contribution in [0.2, 0.25) is 5.02 Å². The third kappa shape index (κ3) is 2.59. The molecule has 0 saturated heterocycles. The third-order valence-corrected chi connectivity index (χ3v) is 5.14. The zero-order chi connectivity index (χ0) is 14.1. The van der Waals surface area contributed by atoms with Crippen molar-refractivity contribution in [3.05, 3.63) is 63.7 Å². The quantitative estimate of drug-likeness (QED) is 0.680. The summed E-state index contributed by atoms with van der Waals surface area (Å²) >= 11 is 9.91. The topological polar surface area (TPSA) is 9.23 Å². The van der Waals surface area contributed by atoms with E-state index < -0.39 is 0 Å². The van der Waals surface area contributed by atoms with E-state index in [9.17, 15) is 0 Å². The Kier molecular flexibility index (Phi) is 4.04. The standard InChI is InChI=1S/C17H16BrClO/c1-20-16-8-7-14(19)10-15(16)17(18)13-6-5-11-3-2-4-12(11)9-13/h5-10,17H,2-4H2,1H3. The molecule has 1 unspecified atom stereocenters. The van der Waals surface area contributed by atoms with Gasteiger partial charge in [0, 0.05) is 10.6 Å². The van der Waals surface area contributed by atoms with Crippen LogP contribution in [-0.4, -0.2) is 7.11 Å². The van der Waals surface area contributed by atoms with Crippen LogP contribution in [0.1, 0.15) is 33.5 Å². The number of ether oxygens (including phenoxy) is 1. The average molecular weight is 352 g/mol. The molecule has 0 aliphatic heterocycles. The normalized spacial score (nSPS) is 14.9. The fraction of sp³-hybridized carbons (Fsp3) is 0.294. The fourth-order valence-corrected chi connectivity index (χ4v) is 3.66.